The zero-order valence-corrected chi connectivity index (χ0v) is 10.0. The van der Waals surface area contributed by atoms with Crippen molar-refractivity contribution < 1.29 is 9.29 Å². The Morgan fingerprint density at radius 1 is 1.60 bits per heavy atom. The third-order valence-corrected chi connectivity index (χ3v) is 4.63. The van der Waals surface area contributed by atoms with Gasteiger partial charge in [0, 0.05) is 17.9 Å². The second kappa shape index (κ2) is 5.07. The highest BCUT2D eigenvalue weighted by atomic mass is 32.2. The lowest BCUT2D eigenvalue weighted by Crippen LogP contribution is -2.28. The molecule has 4 nitrogen and oxygen atoms in total. The Morgan fingerprint density at radius 2 is 2.47 bits per heavy atom. The summed E-state index contributed by atoms with van der Waals surface area (Å²) in [6.07, 6.45) is 1.61. The van der Waals surface area contributed by atoms with Crippen molar-refractivity contribution in [2.45, 2.75) is 4.90 Å². The zero-order valence-electron chi connectivity index (χ0n) is 8.38. The third kappa shape index (κ3) is 2.57. The highest BCUT2D eigenvalue weighted by Gasteiger charge is 2.26. The number of rotatable bonds is 3. The van der Waals surface area contributed by atoms with Gasteiger partial charge in [0.1, 0.15) is 0 Å². The Bertz CT molecular complexity index is 314. The van der Waals surface area contributed by atoms with Crippen LogP contribution in [0.1, 0.15) is 0 Å². The van der Waals surface area contributed by atoms with Crippen LogP contribution in [0.25, 0.3) is 0 Å². The maximum atomic E-state index is 12.0. The molecule has 1 atom stereocenters. The van der Waals surface area contributed by atoms with Crippen LogP contribution in [0.3, 0.4) is 0 Å². The Balaban J connectivity index is 2.07. The van der Waals surface area contributed by atoms with Gasteiger partial charge in [-0.25, -0.2) is 4.98 Å². The summed E-state index contributed by atoms with van der Waals surface area (Å²) in [5.74, 6) is 2.43. The molecular weight excluding hydrogens is 232 g/mol. The van der Waals surface area contributed by atoms with E-state index in [1.165, 1.54) is 0 Å². The van der Waals surface area contributed by atoms with Crippen LogP contribution in [0.15, 0.2) is 23.2 Å². The van der Waals surface area contributed by atoms with Crippen LogP contribution < -0.4 is 4.74 Å². The van der Waals surface area contributed by atoms with Gasteiger partial charge in [-0.3, -0.25) is 0 Å². The summed E-state index contributed by atoms with van der Waals surface area (Å²) in [4.78, 5) is 4.78. The Labute approximate surface area is 96.3 Å². The minimum Gasteiger partial charge on any atom is -0.593 e. The van der Waals surface area contributed by atoms with Gasteiger partial charge in [-0.1, -0.05) is 0 Å². The molecule has 0 aliphatic carbocycles. The quantitative estimate of drug-likeness (QED) is 0.746. The van der Waals surface area contributed by atoms with Crippen molar-refractivity contribution in [2.75, 3.05) is 25.3 Å². The van der Waals surface area contributed by atoms with E-state index in [9.17, 15) is 4.55 Å². The smallest absolute Gasteiger partial charge is 0.213 e. The molecule has 1 aliphatic rings. The largest absolute Gasteiger partial charge is 0.593 e. The minimum absolute atomic E-state index is 0.548. The van der Waals surface area contributed by atoms with Gasteiger partial charge in [-0.05, 0) is 0 Å². The van der Waals surface area contributed by atoms with E-state index in [2.05, 4.69) is 4.98 Å². The molecular formula is C9H12N2O2S2. The second-order valence-electron chi connectivity index (χ2n) is 3.03. The van der Waals surface area contributed by atoms with Crippen molar-refractivity contribution in [1.82, 2.24) is 9.29 Å². The van der Waals surface area contributed by atoms with Gasteiger partial charge < -0.3 is 9.29 Å². The fourth-order valence-corrected chi connectivity index (χ4v) is 3.68. The molecule has 0 N–H and O–H groups in total. The van der Waals surface area contributed by atoms with E-state index < -0.39 is 11.4 Å². The molecule has 0 spiro atoms. The topological polar surface area (TPSA) is 48.4 Å². The molecule has 1 unspecified atom stereocenters. The normalized spacial score (nSPS) is 19.1. The van der Waals surface area contributed by atoms with Gasteiger partial charge in [0.2, 0.25) is 5.88 Å². The fourth-order valence-electron chi connectivity index (χ4n) is 1.27. The molecule has 2 heterocycles. The van der Waals surface area contributed by atoms with Gasteiger partial charge in [-0.15, -0.1) is 16.1 Å². The van der Waals surface area contributed by atoms with E-state index >= 15 is 0 Å². The summed E-state index contributed by atoms with van der Waals surface area (Å²) in [5.41, 5.74) is 0. The molecule has 1 fully saturated rings. The third-order valence-electron chi connectivity index (χ3n) is 2.07. The number of hydrogen-bond acceptors (Lipinski definition) is 5. The lowest BCUT2D eigenvalue weighted by molar-refractivity contribution is 0.397. The van der Waals surface area contributed by atoms with Gasteiger partial charge in [0.25, 0.3) is 0 Å². The summed E-state index contributed by atoms with van der Waals surface area (Å²) >= 11 is 0.726. The maximum absolute atomic E-state index is 12.0. The molecule has 0 amide bonds. The molecule has 1 aromatic heterocycles. The van der Waals surface area contributed by atoms with Crippen molar-refractivity contribution in [3.8, 4) is 5.88 Å². The van der Waals surface area contributed by atoms with Crippen LogP contribution in [0.5, 0.6) is 5.88 Å². The Morgan fingerprint density at radius 3 is 3.00 bits per heavy atom. The number of ether oxygens (including phenoxy) is 1. The molecule has 0 aromatic carbocycles. The molecule has 1 aliphatic heterocycles. The summed E-state index contributed by atoms with van der Waals surface area (Å²) in [7, 11) is 1.57. The van der Waals surface area contributed by atoms with Crippen LogP contribution >= 0.6 is 11.8 Å². The Hall–Kier alpha value is -0.430. The first-order valence-corrected chi connectivity index (χ1v) is 6.82. The lowest BCUT2D eigenvalue weighted by atomic mass is 10.5. The zero-order chi connectivity index (χ0) is 10.7. The van der Waals surface area contributed by atoms with Crippen molar-refractivity contribution in [1.29, 1.82) is 0 Å². The number of hydrogen-bond donors (Lipinski definition) is 0. The van der Waals surface area contributed by atoms with Crippen molar-refractivity contribution in [2.24, 2.45) is 0 Å². The highest BCUT2D eigenvalue weighted by Crippen LogP contribution is 2.23. The monoisotopic (exact) mass is 244 g/mol. The molecule has 0 saturated carbocycles. The van der Waals surface area contributed by atoms with Gasteiger partial charge >= 0.3 is 0 Å². The maximum Gasteiger partial charge on any atom is 0.213 e. The lowest BCUT2D eigenvalue weighted by Gasteiger charge is -2.17. The summed E-state index contributed by atoms with van der Waals surface area (Å²) < 4.78 is 18.9. The number of thioether (sulfide) groups is 1. The predicted octanol–water partition coefficient (Wildman–Crippen LogP) is 1.12. The predicted molar refractivity (Wildman–Crippen MR) is 61.2 cm³/mol. The Kier molecular flexibility index (Phi) is 3.74. The molecule has 1 aromatic rings. The molecule has 6 heteroatoms. The van der Waals surface area contributed by atoms with Crippen LogP contribution in [-0.4, -0.2) is 39.1 Å². The molecule has 1 saturated heterocycles. The molecule has 82 valence electrons. The van der Waals surface area contributed by atoms with Gasteiger partial charge in [-0.2, -0.15) is 0 Å². The first kappa shape index (κ1) is 11.1. The molecule has 0 radical (unpaired) electrons. The van der Waals surface area contributed by atoms with E-state index in [0.717, 1.165) is 23.1 Å². The first-order chi connectivity index (χ1) is 7.31. The standard InChI is InChI=1S/C9H12N2O2S2/c1-13-9-3-2-8(6-10-9)15(12)11-4-5-14-7-11/h2-3,6H,4-5,7H2,1H3. The number of pyridine rings is 1. The van der Waals surface area contributed by atoms with Crippen LogP contribution in [-0.2, 0) is 11.4 Å². The van der Waals surface area contributed by atoms with Crippen molar-refractivity contribution in [3.63, 3.8) is 0 Å². The van der Waals surface area contributed by atoms with Crippen molar-refractivity contribution in [3.05, 3.63) is 18.3 Å². The second-order valence-corrected chi connectivity index (χ2v) is 5.59. The number of aromatic nitrogens is 1. The van der Waals surface area contributed by atoms with E-state index in [0.29, 0.717) is 5.88 Å². The minimum atomic E-state index is -1.07. The highest BCUT2D eigenvalue weighted by molar-refractivity contribution is 8.00. The molecule has 0 bridgehead atoms. The van der Waals surface area contributed by atoms with Crippen LogP contribution in [0.4, 0.5) is 0 Å². The SMILES string of the molecule is COc1ccc([S+]([O-])N2CCSC2)cn1. The van der Waals surface area contributed by atoms with E-state index in [1.807, 2.05) is 4.31 Å². The van der Waals surface area contributed by atoms with Crippen LogP contribution in [0, 0.1) is 0 Å². The van der Waals surface area contributed by atoms with Gasteiger partial charge in [0.05, 0.1) is 37.1 Å². The summed E-state index contributed by atoms with van der Waals surface area (Å²) in [6.45, 7) is 0.878. The summed E-state index contributed by atoms with van der Waals surface area (Å²) in [5, 5.41) is 0. The number of nitrogens with zero attached hydrogens (tertiary/aromatic N) is 2. The van der Waals surface area contributed by atoms with E-state index in [1.54, 1.807) is 37.2 Å². The molecule has 2 rings (SSSR count). The average molecular weight is 244 g/mol. The van der Waals surface area contributed by atoms with Crippen LogP contribution in [0.2, 0.25) is 0 Å². The first-order valence-electron chi connectivity index (χ1n) is 4.56. The molecule has 15 heavy (non-hydrogen) atoms. The van der Waals surface area contributed by atoms with E-state index in [4.69, 9.17) is 4.74 Å². The van der Waals surface area contributed by atoms with Crippen molar-refractivity contribution >= 4 is 23.1 Å². The number of methoxy groups -OCH3 is 1. The summed E-state index contributed by atoms with van der Waals surface area (Å²) in [6, 6.07) is 3.53. The average Bonchev–Trinajstić information content (AvgIpc) is 2.82. The van der Waals surface area contributed by atoms with E-state index in [-0.39, 0.29) is 0 Å². The fraction of sp³-hybridized carbons (Fsp3) is 0.444. The van der Waals surface area contributed by atoms with Gasteiger partial charge in [0.15, 0.2) is 4.90 Å².